The Hall–Kier alpha value is -2.22. The molecule has 0 aliphatic rings. The minimum Gasteiger partial charge on any atom is -0.295 e. The van der Waals surface area contributed by atoms with E-state index >= 15 is 0 Å². The van der Waals surface area contributed by atoms with E-state index in [1.54, 1.807) is 24.3 Å². The van der Waals surface area contributed by atoms with Gasteiger partial charge in [-0.25, -0.2) is 0 Å². The molecule has 0 saturated heterocycles. The van der Waals surface area contributed by atoms with E-state index in [1.807, 2.05) is 6.07 Å². The maximum absolute atomic E-state index is 11.0. The summed E-state index contributed by atoms with van der Waals surface area (Å²) in [6.45, 7) is 1.54. The first-order valence-corrected chi connectivity index (χ1v) is 4.34. The van der Waals surface area contributed by atoms with Crippen LogP contribution in [0.5, 0.6) is 0 Å². The largest absolute Gasteiger partial charge is 0.295 e. The van der Waals surface area contributed by atoms with E-state index in [4.69, 9.17) is 5.26 Å². The number of anilines is 1. The van der Waals surface area contributed by atoms with Gasteiger partial charge < -0.3 is 0 Å². The normalized spacial score (nSPS) is 9.87. The molecule has 0 aliphatic heterocycles. The van der Waals surface area contributed by atoms with Crippen LogP contribution in [0.2, 0.25) is 0 Å². The monoisotopic (exact) mass is 202 g/mol. The topological polar surface area (TPSA) is 77.6 Å². The number of nitriles is 1. The highest BCUT2D eigenvalue weighted by Gasteiger charge is 1.97. The minimum atomic E-state index is 0.0210. The van der Waals surface area contributed by atoms with Gasteiger partial charge in [0.25, 0.3) is 0 Å². The third-order valence-corrected chi connectivity index (χ3v) is 1.68. The highest BCUT2D eigenvalue weighted by Crippen LogP contribution is 2.09. The Bertz CT molecular complexity index is 402. The Balaban J connectivity index is 2.58. The average Bonchev–Trinajstić information content (AvgIpc) is 2.25. The van der Waals surface area contributed by atoms with Crippen molar-refractivity contribution in [2.75, 3.05) is 12.0 Å². The number of ketones is 1. The number of nitrogens with zero attached hydrogens (tertiary/aromatic N) is 3. The van der Waals surface area contributed by atoms with Crippen LogP contribution in [0, 0.1) is 11.3 Å². The third kappa shape index (κ3) is 3.56. The van der Waals surface area contributed by atoms with Crippen molar-refractivity contribution < 1.29 is 4.79 Å². The van der Waals surface area contributed by atoms with Gasteiger partial charge in [0.15, 0.2) is 5.78 Å². The van der Waals surface area contributed by atoms with Crippen molar-refractivity contribution in [2.45, 2.75) is 6.92 Å². The Morgan fingerprint density at radius 1 is 1.47 bits per heavy atom. The predicted molar refractivity (Wildman–Crippen MR) is 55.4 cm³/mol. The Morgan fingerprint density at radius 3 is 2.67 bits per heavy atom. The second-order valence-corrected chi connectivity index (χ2v) is 2.80. The molecular formula is C10H10N4O. The molecule has 76 valence electrons. The SMILES string of the molecule is CC(=O)c1ccc(NN=NCC#N)cc1. The minimum absolute atomic E-state index is 0.0210. The lowest BCUT2D eigenvalue weighted by Crippen LogP contribution is -1.92. The average molecular weight is 202 g/mol. The summed E-state index contributed by atoms with van der Waals surface area (Å²) in [6.07, 6.45) is 0. The van der Waals surface area contributed by atoms with E-state index in [9.17, 15) is 4.79 Å². The van der Waals surface area contributed by atoms with Crippen LogP contribution in [0.1, 0.15) is 17.3 Å². The van der Waals surface area contributed by atoms with Crippen molar-refractivity contribution in [3.8, 4) is 6.07 Å². The summed E-state index contributed by atoms with van der Waals surface area (Å²) in [6, 6.07) is 8.68. The van der Waals surface area contributed by atoms with Crippen LogP contribution < -0.4 is 5.43 Å². The number of hydrogen-bond acceptors (Lipinski definition) is 4. The number of Topliss-reactive ketones (excluding diaryl/α,β-unsaturated/α-hetero) is 1. The fraction of sp³-hybridized carbons (Fsp3) is 0.200. The van der Waals surface area contributed by atoms with Crippen molar-refractivity contribution in [2.24, 2.45) is 10.3 Å². The fourth-order valence-corrected chi connectivity index (χ4v) is 0.940. The van der Waals surface area contributed by atoms with Gasteiger partial charge in [-0.2, -0.15) is 10.4 Å². The van der Waals surface area contributed by atoms with Gasteiger partial charge in [0.2, 0.25) is 0 Å². The van der Waals surface area contributed by atoms with E-state index in [1.165, 1.54) is 6.92 Å². The lowest BCUT2D eigenvalue weighted by atomic mass is 10.1. The lowest BCUT2D eigenvalue weighted by molar-refractivity contribution is 0.101. The maximum atomic E-state index is 11.0. The lowest BCUT2D eigenvalue weighted by Gasteiger charge is -1.99. The van der Waals surface area contributed by atoms with Crippen LogP contribution in [0.4, 0.5) is 5.69 Å². The molecule has 0 aromatic heterocycles. The number of carbonyl (C=O) groups is 1. The first-order chi connectivity index (χ1) is 7.24. The molecule has 0 saturated carbocycles. The Kier molecular flexibility index (Phi) is 3.98. The molecule has 1 rings (SSSR count). The molecular weight excluding hydrogens is 192 g/mol. The highest BCUT2D eigenvalue weighted by molar-refractivity contribution is 5.94. The van der Waals surface area contributed by atoms with Gasteiger partial charge in [-0.15, -0.1) is 0 Å². The molecule has 1 N–H and O–H groups in total. The van der Waals surface area contributed by atoms with Crippen LogP contribution in [0.25, 0.3) is 0 Å². The quantitative estimate of drug-likeness (QED) is 0.352. The zero-order chi connectivity index (χ0) is 11.1. The van der Waals surface area contributed by atoms with Crippen LogP contribution in [0.3, 0.4) is 0 Å². The van der Waals surface area contributed by atoms with E-state index in [-0.39, 0.29) is 12.3 Å². The van der Waals surface area contributed by atoms with E-state index < -0.39 is 0 Å². The number of benzene rings is 1. The van der Waals surface area contributed by atoms with Gasteiger partial charge in [0.1, 0.15) is 6.54 Å². The van der Waals surface area contributed by atoms with Gasteiger partial charge in [-0.3, -0.25) is 10.2 Å². The zero-order valence-corrected chi connectivity index (χ0v) is 8.27. The molecule has 1 aromatic rings. The van der Waals surface area contributed by atoms with Gasteiger partial charge in [0.05, 0.1) is 11.8 Å². The molecule has 0 bridgehead atoms. The second-order valence-electron chi connectivity index (χ2n) is 2.80. The second kappa shape index (κ2) is 5.50. The summed E-state index contributed by atoms with van der Waals surface area (Å²) in [5.41, 5.74) is 4.01. The molecule has 1 aromatic carbocycles. The number of carbonyl (C=O) groups excluding carboxylic acids is 1. The molecule has 0 radical (unpaired) electrons. The third-order valence-electron chi connectivity index (χ3n) is 1.68. The molecule has 0 amide bonds. The smallest absolute Gasteiger partial charge is 0.159 e. The molecule has 0 fully saturated rings. The molecule has 0 atom stereocenters. The Morgan fingerprint density at radius 2 is 2.13 bits per heavy atom. The number of nitrogens with one attached hydrogen (secondary N) is 1. The van der Waals surface area contributed by atoms with Crippen molar-refractivity contribution in [3.63, 3.8) is 0 Å². The number of rotatable bonds is 4. The summed E-state index contributed by atoms with van der Waals surface area (Å²) in [5.74, 6) is 0.0210. The predicted octanol–water partition coefficient (Wildman–Crippen LogP) is 2.19. The highest BCUT2D eigenvalue weighted by atomic mass is 16.1. The zero-order valence-electron chi connectivity index (χ0n) is 8.27. The first kappa shape index (κ1) is 10.9. The summed E-state index contributed by atoms with van der Waals surface area (Å²) < 4.78 is 0. The van der Waals surface area contributed by atoms with Crippen LogP contribution >= 0.6 is 0 Å². The summed E-state index contributed by atoms with van der Waals surface area (Å²) in [7, 11) is 0. The van der Waals surface area contributed by atoms with E-state index in [2.05, 4.69) is 15.8 Å². The van der Waals surface area contributed by atoms with E-state index in [0.29, 0.717) is 5.56 Å². The standard InChI is InChI=1S/C10H10N4O/c1-8(15)9-2-4-10(5-3-9)13-14-12-7-6-11/h2-5H,7H2,1H3,(H,12,13). The van der Waals surface area contributed by atoms with Crippen LogP contribution in [-0.4, -0.2) is 12.3 Å². The Labute approximate surface area is 87.4 Å². The van der Waals surface area contributed by atoms with Crippen LogP contribution in [0.15, 0.2) is 34.6 Å². The molecule has 0 heterocycles. The molecule has 15 heavy (non-hydrogen) atoms. The fourth-order valence-electron chi connectivity index (χ4n) is 0.940. The van der Waals surface area contributed by atoms with Crippen molar-refractivity contribution in [1.29, 1.82) is 5.26 Å². The molecule has 5 heteroatoms. The van der Waals surface area contributed by atoms with Crippen molar-refractivity contribution >= 4 is 11.5 Å². The molecule has 5 nitrogen and oxygen atoms in total. The van der Waals surface area contributed by atoms with Gasteiger partial charge in [-0.05, 0) is 31.2 Å². The molecule has 0 aliphatic carbocycles. The summed E-state index contributed by atoms with van der Waals surface area (Å²) in [4.78, 5) is 11.0. The molecule has 0 unspecified atom stereocenters. The van der Waals surface area contributed by atoms with Crippen LogP contribution in [-0.2, 0) is 0 Å². The maximum Gasteiger partial charge on any atom is 0.159 e. The van der Waals surface area contributed by atoms with Crippen molar-refractivity contribution in [1.82, 2.24) is 0 Å². The van der Waals surface area contributed by atoms with Gasteiger partial charge in [0, 0.05) is 5.56 Å². The summed E-state index contributed by atoms with van der Waals surface area (Å²) >= 11 is 0. The van der Waals surface area contributed by atoms with Gasteiger partial charge >= 0.3 is 0 Å². The van der Waals surface area contributed by atoms with E-state index in [0.717, 1.165) is 5.69 Å². The first-order valence-electron chi connectivity index (χ1n) is 4.34. The van der Waals surface area contributed by atoms with Gasteiger partial charge in [-0.1, -0.05) is 5.22 Å². The molecule has 0 spiro atoms. The summed E-state index contributed by atoms with van der Waals surface area (Å²) in [5, 5.41) is 15.3. The number of hydrogen-bond donors (Lipinski definition) is 1. The van der Waals surface area contributed by atoms with Crippen molar-refractivity contribution in [3.05, 3.63) is 29.8 Å².